The first-order valence-corrected chi connectivity index (χ1v) is 10.7. The lowest BCUT2D eigenvalue weighted by atomic mass is 10.2. The Balaban J connectivity index is 1.47. The number of nitrogens with one attached hydrogen (secondary N) is 1. The summed E-state index contributed by atoms with van der Waals surface area (Å²) in [6, 6.07) is 17.1. The quantitative estimate of drug-likeness (QED) is 0.734. The van der Waals surface area contributed by atoms with Crippen molar-refractivity contribution in [2.24, 2.45) is 0 Å². The van der Waals surface area contributed by atoms with Crippen LogP contribution in [0.2, 0.25) is 5.02 Å². The molecule has 0 radical (unpaired) electrons. The third kappa shape index (κ3) is 6.05. The number of carbonyl (C=O) groups is 2. The summed E-state index contributed by atoms with van der Waals surface area (Å²) >= 11 is 6.10. The number of benzene rings is 2. The third-order valence-electron chi connectivity index (χ3n) is 5.16. The van der Waals surface area contributed by atoms with Crippen LogP contribution < -0.4 is 10.2 Å². The van der Waals surface area contributed by atoms with E-state index < -0.39 is 0 Å². The molecule has 1 N–H and O–H groups in total. The monoisotopic (exact) mass is 428 g/mol. The van der Waals surface area contributed by atoms with Crippen LogP contribution in [0.15, 0.2) is 54.6 Å². The number of rotatable bonds is 7. The van der Waals surface area contributed by atoms with Crippen LogP contribution in [-0.2, 0) is 9.59 Å². The molecule has 3 rings (SSSR count). The molecular weight excluding hydrogens is 400 g/mol. The van der Waals surface area contributed by atoms with Crippen molar-refractivity contribution in [2.45, 2.75) is 19.9 Å². The molecule has 1 fully saturated rings. The predicted molar refractivity (Wildman–Crippen MR) is 122 cm³/mol. The topological polar surface area (TPSA) is 55.9 Å². The molecule has 0 unspecified atom stereocenters. The van der Waals surface area contributed by atoms with E-state index in [2.05, 4.69) is 15.1 Å². The van der Waals surface area contributed by atoms with Crippen LogP contribution in [0.3, 0.4) is 0 Å². The molecule has 7 heteroatoms. The van der Waals surface area contributed by atoms with Crippen LogP contribution in [0.4, 0.5) is 11.4 Å². The molecule has 1 saturated heterocycles. The Hall–Kier alpha value is -2.41. The number of piperazine rings is 1. The molecule has 2 aromatic carbocycles. The van der Waals surface area contributed by atoms with Gasteiger partial charge in [-0.05, 0) is 38.1 Å². The molecule has 0 spiro atoms. The van der Waals surface area contributed by atoms with Crippen LogP contribution in [0.25, 0.3) is 0 Å². The first kappa shape index (κ1) is 22.3. The SMILES string of the molecule is CC(C)N(C(=O)CN1CCN(CC(=O)Nc2ccccc2Cl)CC1)c1ccccc1. The van der Waals surface area contributed by atoms with Gasteiger partial charge in [0.15, 0.2) is 0 Å². The van der Waals surface area contributed by atoms with Crippen molar-refractivity contribution in [3.05, 3.63) is 59.6 Å². The number of para-hydroxylation sites is 2. The van der Waals surface area contributed by atoms with Crippen molar-refractivity contribution < 1.29 is 9.59 Å². The van der Waals surface area contributed by atoms with Gasteiger partial charge in [-0.15, -0.1) is 0 Å². The van der Waals surface area contributed by atoms with Crippen molar-refractivity contribution >= 4 is 34.8 Å². The van der Waals surface area contributed by atoms with Crippen LogP contribution in [0.1, 0.15) is 13.8 Å². The second kappa shape index (κ2) is 10.6. The highest BCUT2D eigenvalue weighted by Crippen LogP contribution is 2.20. The summed E-state index contributed by atoms with van der Waals surface area (Å²) in [5.74, 6) is 0.0174. The highest BCUT2D eigenvalue weighted by atomic mass is 35.5. The Morgan fingerprint density at radius 1 is 0.933 bits per heavy atom. The summed E-state index contributed by atoms with van der Waals surface area (Å²) in [5, 5.41) is 3.39. The normalized spacial score (nSPS) is 15.2. The Bertz CT molecular complexity index is 851. The van der Waals surface area contributed by atoms with Gasteiger partial charge in [-0.1, -0.05) is 41.9 Å². The average Bonchev–Trinajstić information content (AvgIpc) is 2.72. The molecule has 0 aliphatic carbocycles. The molecule has 6 nitrogen and oxygen atoms in total. The minimum Gasteiger partial charge on any atom is -0.324 e. The van der Waals surface area contributed by atoms with Gasteiger partial charge in [-0.2, -0.15) is 0 Å². The number of anilines is 2. The molecule has 0 bridgehead atoms. The van der Waals surface area contributed by atoms with E-state index in [4.69, 9.17) is 11.6 Å². The molecule has 1 heterocycles. The van der Waals surface area contributed by atoms with E-state index in [9.17, 15) is 9.59 Å². The Morgan fingerprint density at radius 3 is 2.10 bits per heavy atom. The summed E-state index contributed by atoms with van der Waals surface area (Å²) in [7, 11) is 0. The Labute approximate surface area is 183 Å². The van der Waals surface area contributed by atoms with Gasteiger partial charge in [-0.25, -0.2) is 0 Å². The molecule has 0 atom stereocenters. The largest absolute Gasteiger partial charge is 0.324 e. The summed E-state index contributed by atoms with van der Waals surface area (Å²) in [4.78, 5) is 31.4. The lowest BCUT2D eigenvalue weighted by Crippen LogP contribution is -2.52. The minimum absolute atomic E-state index is 0.0808. The number of halogens is 1. The second-order valence-electron chi connectivity index (χ2n) is 7.77. The first-order chi connectivity index (χ1) is 14.4. The number of carbonyl (C=O) groups excluding carboxylic acids is 2. The molecule has 1 aliphatic heterocycles. The van der Waals surface area contributed by atoms with Crippen LogP contribution in [0, 0.1) is 0 Å². The van der Waals surface area contributed by atoms with Crippen LogP contribution >= 0.6 is 11.6 Å². The highest BCUT2D eigenvalue weighted by Gasteiger charge is 2.25. The number of hydrogen-bond donors (Lipinski definition) is 1. The fraction of sp³-hybridized carbons (Fsp3) is 0.391. The van der Waals surface area contributed by atoms with Gasteiger partial charge in [-0.3, -0.25) is 19.4 Å². The summed E-state index contributed by atoms with van der Waals surface area (Å²) in [5.41, 5.74) is 1.55. The van der Waals surface area contributed by atoms with Gasteiger partial charge in [0.2, 0.25) is 11.8 Å². The molecule has 2 amide bonds. The van der Waals surface area contributed by atoms with Crippen molar-refractivity contribution in [2.75, 3.05) is 49.5 Å². The zero-order chi connectivity index (χ0) is 21.5. The lowest BCUT2D eigenvalue weighted by molar-refractivity contribution is -0.121. The maximum atomic E-state index is 12.9. The maximum absolute atomic E-state index is 12.9. The van der Waals surface area contributed by atoms with E-state index in [1.807, 2.05) is 61.2 Å². The summed E-state index contributed by atoms with van der Waals surface area (Å²) in [6.45, 7) is 7.76. The van der Waals surface area contributed by atoms with Crippen molar-refractivity contribution in [1.29, 1.82) is 0 Å². The van der Waals surface area contributed by atoms with E-state index in [0.717, 1.165) is 31.9 Å². The minimum atomic E-state index is -0.0808. The predicted octanol–water partition coefficient (Wildman–Crippen LogP) is 3.34. The van der Waals surface area contributed by atoms with E-state index in [0.29, 0.717) is 23.8 Å². The molecule has 0 aromatic heterocycles. The van der Waals surface area contributed by atoms with Gasteiger partial charge in [0.1, 0.15) is 0 Å². The fourth-order valence-electron chi connectivity index (χ4n) is 3.65. The van der Waals surface area contributed by atoms with E-state index >= 15 is 0 Å². The van der Waals surface area contributed by atoms with Gasteiger partial charge in [0.05, 0.1) is 23.8 Å². The third-order valence-corrected chi connectivity index (χ3v) is 5.49. The number of hydrogen-bond acceptors (Lipinski definition) is 4. The Morgan fingerprint density at radius 2 is 1.50 bits per heavy atom. The van der Waals surface area contributed by atoms with Crippen LogP contribution in [0.5, 0.6) is 0 Å². The van der Waals surface area contributed by atoms with E-state index in [-0.39, 0.29) is 17.9 Å². The van der Waals surface area contributed by atoms with Gasteiger partial charge >= 0.3 is 0 Å². The molecule has 30 heavy (non-hydrogen) atoms. The smallest absolute Gasteiger partial charge is 0.241 e. The van der Waals surface area contributed by atoms with E-state index in [1.165, 1.54) is 0 Å². The highest BCUT2D eigenvalue weighted by molar-refractivity contribution is 6.33. The maximum Gasteiger partial charge on any atom is 0.241 e. The standard InChI is InChI=1S/C23H29ClN4O2/c1-18(2)28(19-8-4-3-5-9-19)23(30)17-27-14-12-26(13-15-27)16-22(29)25-21-11-7-6-10-20(21)24/h3-11,18H,12-17H2,1-2H3,(H,25,29). The van der Waals surface area contributed by atoms with Gasteiger partial charge in [0, 0.05) is 37.9 Å². The number of amides is 2. The fourth-order valence-corrected chi connectivity index (χ4v) is 3.83. The summed E-state index contributed by atoms with van der Waals surface area (Å²) in [6.07, 6.45) is 0. The zero-order valence-corrected chi connectivity index (χ0v) is 18.3. The zero-order valence-electron chi connectivity index (χ0n) is 17.6. The molecule has 2 aromatic rings. The van der Waals surface area contributed by atoms with E-state index in [1.54, 1.807) is 12.1 Å². The average molecular weight is 429 g/mol. The summed E-state index contributed by atoms with van der Waals surface area (Å²) < 4.78 is 0. The van der Waals surface area contributed by atoms with Crippen molar-refractivity contribution in [3.8, 4) is 0 Å². The van der Waals surface area contributed by atoms with Gasteiger partial charge < -0.3 is 10.2 Å². The second-order valence-corrected chi connectivity index (χ2v) is 8.18. The first-order valence-electron chi connectivity index (χ1n) is 10.3. The molecular formula is C23H29ClN4O2. The Kier molecular flexibility index (Phi) is 7.85. The van der Waals surface area contributed by atoms with Gasteiger partial charge in [0.25, 0.3) is 0 Å². The van der Waals surface area contributed by atoms with Crippen molar-refractivity contribution in [1.82, 2.24) is 9.80 Å². The lowest BCUT2D eigenvalue weighted by Gasteiger charge is -2.35. The molecule has 1 aliphatic rings. The molecule has 0 saturated carbocycles. The number of nitrogens with zero attached hydrogens (tertiary/aromatic N) is 3. The van der Waals surface area contributed by atoms with Crippen LogP contribution in [-0.4, -0.2) is 66.9 Å². The van der Waals surface area contributed by atoms with Crippen molar-refractivity contribution in [3.63, 3.8) is 0 Å². The molecule has 160 valence electrons.